The van der Waals surface area contributed by atoms with Crippen LogP contribution in [0.2, 0.25) is 0 Å². The molecule has 0 radical (unpaired) electrons. The van der Waals surface area contributed by atoms with Crippen molar-refractivity contribution in [2.45, 2.75) is 57.4 Å². The van der Waals surface area contributed by atoms with Crippen molar-refractivity contribution in [3.05, 3.63) is 34.9 Å². The molecule has 3 aliphatic rings. The maximum absolute atomic E-state index is 12.9. The zero-order chi connectivity index (χ0) is 20.6. The molecule has 1 saturated carbocycles. The minimum absolute atomic E-state index is 0.0232. The number of nitrogens with one attached hydrogen (secondary N) is 1. The number of Topliss-reactive ketones (excluding diaryl/α,β-unsaturated/α-hetero) is 1. The summed E-state index contributed by atoms with van der Waals surface area (Å²) in [7, 11) is 0. The molecule has 1 saturated heterocycles. The predicted molar refractivity (Wildman–Crippen MR) is 104 cm³/mol. The SMILES string of the molecule is C[C@@H]1CCCC[C@]12NC(=O)N(CC(=O)OCC(=O)c1ccc3c(c1)CCC3)C2=O. The molecular weight excluding hydrogens is 372 g/mol. The number of hydrogen-bond donors (Lipinski definition) is 1. The number of carbonyl (C=O) groups excluding carboxylic acids is 4. The van der Waals surface area contributed by atoms with E-state index in [1.54, 1.807) is 6.07 Å². The number of esters is 1. The minimum atomic E-state index is -0.907. The van der Waals surface area contributed by atoms with Crippen LogP contribution in [-0.4, -0.2) is 47.3 Å². The Morgan fingerprint density at radius 1 is 1.17 bits per heavy atom. The number of imide groups is 1. The van der Waals surface area contributed by atoms with Crippen LogP contribution in [0, 0.1) is 5.92 Å². The number of urea groups is 1. The maximum Gasteiger partial charge on any atom is 0.326 e. The summed E-state index contributed by atoms with van der Waals surface area (Å²) in [4.78, 5) is 50.7. The van der Waals surface area contributed by atoms with Crippen molar-refractivity contribution in [2.75, 3.05) is 13.2 Å². The number of ketones is 1. The molecule has 0 bridgehead atoms. The second-order valence-corrected chi connectivity index (χ2v) is 8.36. The van der Waals surface area contributed by atoms with E-state index in [2.05, 4.69) is 5.32 Å². The molecule has 4 rings (SSSR count). The van der Waals surface area contributed by atoms with E-state index in [1.807, 2.05) is 19.1 Å². The van der Waals surface area contributed by atoms with Crippen LogP contribution in [0.4, 0.5) is 4.79 Å². The van der Waals surface area contributed by atoms with Crippen LogP contribution in [0.15, 0.2) is 18.2 Å². The van der Waals surface area contributed by atoms with Gasteiger partial charge in [-0.25, -0.2) is 4.79 Å². The van der Waals surface area contributed by atoms with Gasteiger partial charge in [0.05, 0.1) is 0 Å². The van der Waals surface area contributed by atoms with Gasteiger partial charge in [-0.2, -0.15) is 0 Å². The van der Waals surface area contributed by atoms with Gasteiger partial charge in [0.1, 0.15) is 12.1 Å². The Labute approximate surface area is 169 Å². The molecule has 3 amide bonds. The molecule has 1 aromatic rings. The molecule has 1 spiro atoms. The summed E-state index contributed by atoms with van der Waals surface area (Å²) in [6.07, 6.45) is 6.42. The summed E-state index contributed by atoms with van der Waals surface area (Å²) < 4.78 is 5.08. The molecule has 0 aromatic heterocycles. The minimum Gasteiger partial charge on any atom is -0.456 e. The fraction of sp³-hybridized carbons (Fsp3) is 0.545. The highest BCUT2D eigenvalue weighted by Crippen LogP contribution is 2.38. The summed E-state index contributed by atoms with van der Waals surface area (Å²) in [6.45, 7) is 1.08. The Morgan fingerprint density at radius 2 is 1.97 bits per heavy atom. The van der Waals surface area contributed by atoms with Crippen LogP contribution in [-0.2, 0) is 27.2 Å². The van der Waals surface area contributed by atoms with Crippen LogP contribution in [0.25, 0.3) is 0 Å². The van der Waals surface area contributed by atoms with Crippen molar-refractivity contribution >= 4 is 23.7 Å². The average Bonchev–Trinajstić information content (AvgIpc) is 3.27. The van der Waals surface area contributed by atoms with Crippen molar-refractivity contribution in [1.29, 1.82) is 0 Å². The van der Waals surface area contributed by atoms with Gasteiger partial charge in [-0.05, 0) is 55.2 Å². The van der Waals surface area contributed by atoms with Gasteiger partial charge < -0.3 is 10.1 Å². The molecule has 2 atom stereocenters. The quantitative estimate of drug-likeness (QED) is 0.467. The van der Waals surface area contributed by atoms with Gasteiger partial charge in [-0.15, -0.1) is 0 Å². The Balaban J connectivity index is 1.34. The third-order valence-electron chi connectivity index (χ3n) is 6.57. The Kier molecular flexibility index (Phi) is 5.15. The number of fused-ring (bicyclic) bond motifs is 1. The van der Waals surface area contributed by atoms with Gasteiger partial charge in [-0.1, -0.05) is 31.9 Å². The van der Waals surface area contributed by atoms with Crippen LogP contribution < -0.4 is 5.32 Å². The molecule has 1 heterocycles. The normalized spacial score (nSPS) is 25.8. The number of rotatable bonds is 5. The number of ether oxygens (including phenoxy) is 1. The number of benzene rings is 1. The number of hydrogen-bond acceptors (Lipinski definition) is 5. The lowest BCUT2D eigenvalue weighted by Crippen LogP contribution is -2.54. The number of aryl methyl sites for hydroxylation is 2. The largest absolute Gasteiger partial charge is 0.456 e. The number of nitrogens with zero attached hydrogens (tertiary/aromatic N) is 1. The van der Waals surface area contributed by atoms with Gasteiger partial charge in [0.15, 0.2) is 12.4 Å². The molecule has 1 aromatic carbocycles. The van der Waals surface area contributed by atoms with Crippen LogP contribution >= 0.6 is 0 Å². The van der Waals surface area contributed by atoms with E-state index < -0.39 is 30.7 Å². The van der Waals surface area contributed by atoms with E-state index in [1.165, 1.54) is 11.1 Å². The molecule has 2 aliphatic carbocycles. The standard InChI is InChI=1S/C22H26N2O5/c1-14-5-2-3-10-22(14)20(27)24(21(28)23-22)12-19(26)29-13-18(25)17-9-8-15-6-4-7-16(15)11-17/h8-9,11,14H,2-7,10,12-13H2,1H3,(H,23,28)/t14-,22+/m1/s1. The molecule has 7 nitrogen and oxygen atoms in total. The summed E-state index contributed by atoms with van der Waals surface area (Å²) in [5.74, 6) is -1.39. The fourth-order valence-electron chi connectivity index (χ4n) is 4.79. The number of amides is 3. The van der Waals surface area contributed by atoms with E-state index >= 15 is 0 Å². The first-order valence-electron chi connectivity index (χ1n) is 10.4. The lowest BCUT2D eigenvalue weighted by molar-refractivity contribution is -0.147. The van der Waals surface area contributed by atoms with Gasteiger partial charge >= 0.3 is 12.0 Å². The van der Waals surface area contributed by atoms with Crippen molar-refractivity contribution in [1.82, 2.24) is 10.2 Å². The summed E-state index contributed by atoms with van der Waals surface area (Å²) >= 11 is 0. The molecule has 29 heavy (non-hydrogen) atoms. The van der Waals surface area contributed by atoms with Gasteiger partial charge in [-0.3, -0.25) is 19.3 Å². The highest BCUT2D eigenvalue weighted by molar-refractivity contribution is 6.09. The maximum atomic E-state index is 12.9. The smallest absolute Gasteiger partial charge is 0.326 e. The number of carbonyl (C=O) groups is 4. The molecule has 0 unspecified atom stereocenters. The van der Waals surface area contributed by atoms with Crippen molar-refractivity contribution < 1.29 is 23.9 Å². The van der Waals surface area contributed by atoms with Crippen LogP contribution in [0.1, 0.15) is 60.5 Å². The van der Waals surface area contributed by atoms with Crippen LogP contribution in [0.3, 0.4) is 0 Å². The highest BCUT2D eigenvalue weighted by atomic mass is 16.5. The first kappa shape index (κ1) is 19.6. The second-order valence-electron chi connectivity index (χ2n) is 8.36. The molecule has 1 N–H and O–H groups in total. The zero-order valence-corrected chi connectivity index (χ0v) is 16.7. The molecule has 7 heteroatoms. The van der Waals surface area contributed by atoms with E-state index in [4.69, 9.17) is 4.74 Å². The van der Waals surface area contributed by atoms with Crippen molar-refractivity contribution in [3.8, 4) is 0 Å². The predicted octanol–water partition coefficient (Wildman–Crippen LogP) is 2.40. The van der Waals surface area contributed by atoms with E-state index in [-0.39, 0.29) is 17.6 Å². The van der Waals surface area contributed by atoms with Crippen molar-refractivity contribution in [2.24, 2.45) is 5.92 Å². The third kappa shape index (κ3) is 3.54. The lowest BCUT2D eigenvalue weighted by atomic mass is 9.73. The molecule has 2 fully saturated rings. The van der Waals surface area contributed by atoms with E-state index in [0.717, 1.165) is 43.4 Å². The molecule has 154 valence electrons. The van der Waals surface area contributed by atoms with Gasteiger partial charge in [0.25, 0.3) is 5.91 Å². The summed E-state index contributed by atoms with van der Waals surface area (Å²) in [5, 5.41) is 2.80. The fourth-order valence-corrected chi connectivity index (χ4v) is 4.79. The zero-order valence-electron chi connectivity index (χ0n) is 16.7. The average molecular weight is 398 g/mol. The topological polar surface area (TPSA) is 92.8 Å². The Bertz CT molecular complexity index is 880. The third-order valence-corrected chi connectivity index (χ3v) is 6.57. The Hall–Kier alpha value is -2.70. The van der Waals surface area contributed by atoms with Crippen molar-refractivity contribution in [3.63, 3.8) is 0 Å². The van der Waals surface area contributed by atoms with E-state index in [9.17, 15) is 19.2 Å². The lowest BCUT2D eigenvalue weighted by Gasteiger charge is -2.36. The summed E-state index contributed by atoms with van der Waals surface area (Å²) in [5.41, 5.74) is 2.05. The van der Waals surface area contributed by atoms with Gasteiger partial charge in [0.2, 0.25) is 0 Å². The second kappa shape index (κ2) is 7.61. The first-order valence-corrected chi connectivity index (χ1v) is 10.4. The molecular formula is C22H26N2O5. The van der Waals surface area contributed by atoms with Crippen LogP contribution in [0.5, 0.6) is 0 Å². The molecule has 1 aliphatic heterocycles. The Morgan fingerprint density at radius 3 is 2.76 bits per heavy atom. The highest BCUT2D eigenvalue weighted by Gasteiger charge is 2.55. The van der Waals surface area contributed by atoms with E-state index in [0.29, 0.717) is 12.0 Å². The van der Waals surface area contributed by atoms with Gasteiger partial charge in [0, 0.05) is 5.56 Å². The summed E-state index contributed by atoms with van der Waals surface area (Å²) in [6, 6.07) is 5.01. The monoisotopic (exact) mass is 398 g/mol. The first-order chi connectivity index (χ1) is 13.9.